The summed E-state index contributed by atoms with van der Waals surface area (Å²) in [6.07, 6.45) is 0. The van der Waals surface area contributed by atoms with Crippen LogP contribution in [0.15, 0.2) is 68.7 Å². The number of carbonyl (C=O) groups excluding carboxylic acids is 1. The molecule has 0 saturated carbocycles. The number of anilines is 1. The minimum Gasteiger partial charge on any atom is -0.384 e. The standard InChI is InChI=1S/C22H23BrN4O3/c1-25(12-16-8-10-17(23)11-9-16)14-18(28)19-20(24)27(22(30)26(2)21(19)29)13-15-6-4-3-5-7-15/h3-11H,12-14,24H2,1-2H3/p+1. The summed E-state index contributed by atoms with van der Waals surface area (Å²) in [5, 5.41) is 0. The van der Waals surface area contributed by atoms with E-state index in [2.05, 4.69) is 15.9 Å². The maximum absolute atomic E-state index is 13.0. The number of nitrogen functional groups attached to an aromatic ring is 1. The molecule has 0 aliphatic heterocycles. The molecular weight excluding hydrogens is 448 g/mol. The van der Waals surface area contributed by atoms with Gasteiger partial charge in [-0.15, -0.1) is 0 Å². The summed E-state index contributed by atoms with van der Waals surface area (Å²) in [6.45, 7) is 0.878. The Morgan fingerprint density at radius 1 is 1.03 bits per heavy atom. The number of Topliss-reactive ketones (excluding diaryl/α,β-unsaturated/α-hetero) is 1. The molecule has 0 amide bonds. The van der Waals surface area contributed by atoms with Crippen molar-refractivity contribution in [2.45, 2.75) is 13.1 Å². The Kier molecular flexibility index (Phi) is 6.69. The quantitative estimate of drug-likeness (QED) is 0.499. The van der Waals surface area contributed by atoms with Crippen LogP contribution in [0, 0.1) is 0 Å². The normalized spacial score (nSPS) is 12.0. The third-order valence-corrected chi connectivity index (χ3v) is 5.46. The van der Waals surface area contributed by atoms with Crippen LogP contribution in [0.5, 0.6) is 0 Å². The third kappa shape index (κ3) is 4.77. The third-order valence-electron chi connectivity index (χ3n) is 4.93. The smallest absolute Gasteiger partial charge is 0.332 e. The van der Waals surface area contributed by atoms with E-state index in [1.54, 1.807) is 0 Å². The molecule has 0 fully saturated rings. The molecule has 2 aromatic carbocycles. The van der Waals surface area contributed by atoms with Gasteiger partial charge in [0.1, 0.15) is 24.5 Å². The lowest BCUT2D eigenvalue weighted by Gasteiger charge is -2.17. The van der Waals surface area contributed by atoms with E-state index < -0.39 is 11.2 Å². The van der Waals surface area contributed by atoms with Gasteiger partial charge in [-0.05, 0) is 17.7 Å². The average Bonchev–Trinajstić information content (AvgIpc) is 2.72. The van der Waals surface area contributed by atoms with Crippen LogP contribution in [-0.4, -0.2) is 28.5 Å². The van der Waals surface area contributed by atoms with Crippen molar-refractivity contribution in [3.05, 3.63) is 96.6 Å². The highest BCUT2D eigenvalue weighted by atomic mass is 79.9. The average molecular weight is 472 g/mol. The van der Waals surface area contributed by atoms with Gasteiger partial charge in [-0.2, -0.15) is 0 Å². The van der Waals surface area contributed by atoms with Crippen molar-refractivity contribution in [3.8, 4) is 0 Å². The Balaban J connectivity index is 1.88. The zero-order chi connectivity index (χ0) is 21.8. The van der Waals surface area contributed by atoms with Gasteiger partial charge in [0.25, 0.3) is 5.56 Å². The fourth-order valence-electron chi connectivity index (χ4n) is 3.34. The van der Waals surface area contributed by atoms with Crippen LogP contribution in [0.1, 0.15) is 21.5 Å². The Morgan fingerprint density at radius 2 is 1.67 bits per heavy atom. The monoisotopic (exact) mass is 471 g/mol. The lowest BCUT2D eigenvalue weighted by atomic mass is 10.1. The van der Waals surface area contributed by atoms with Crippen molar-refractivity contribution in [1.29, 1.82) is 0 Å². The number of nitrogens with zero attached hydrogens (tertiary/aromatic N) is 2. The molecule has 3 aromatic rings. The van der Waals surface area contributed by atoms with Gasteiger partial charge in [0.15, 0.2) is 0 Å². The van der Waals surface area contributed by atoms with E-state index in [-0.39, 0.29) is 30.3 Å². The van der Waals surface area contributed by atoms with Crippen LogP contribution in [0.3, 0.4) is 0 Å². The number of likely N-dealkylation sites (N-methyl/N-ethyl adjacent to an activating group) is 1. The fourth-order valence-corrected chi connectivity index (χ4v) is 3.60. The van der Waals surface area contributed by atoms with Crippen LogP contribution >= 0.6 is 15.9 Å². The predicted molar refractivity (Wildman–Crippen MR) is 120 cm³/mol. The van der Waals surface area contributed by atoms with E-state index in [0.29, 0.717) is 6.54 Å². The maximum atomic E-state index is 13.0. The highest BCUT2D eigenvalue weighted by molar-refractivity contribution is 9.10. The van der Waals surface area contributed by atoms with Crippen molar-refractivity contribution in [3.63, 3.8) is 0 Å². The minimum absolute atomic E-state index is 0.0824. The summed E-state index contributed by atoms with van der Waals surface area (Å²) in [5.41, 5.74) is 6.73. The summed E-state index contributed by atoms with van der Waals surface area (Å²) in [7, 11) is 3.24. The van der Waals surface area contributed by atoms with E-state index in [1.807, 2.05) is 61.6 Å². The van der Waals surface area contributed by atoms with E-state index in [1.165, 1.54) is 11.6 Å². The fraction of sp³-hybridized carbons (Fsp3) is 0.227. The number of nitrogens with two attached hydrogens (primary N) is 1. The Bertz CT molecular complexity index is 1170. The molecule has 1 atom stereocenters. The Morgan fingerprint density at radius 3 is 2.30 bits per heavy atom. The second kappa shape index (κ2) is 9.23. The number of carbonyl (C=O) groups is 1. The van der Waals surface area contributed by atoms with Crippen LogP contribution in [0.2, 0.25) is 0 Å². The van der Waals surface area contributed by atoms with Crippen molar-refractivity contribution in [2.24, 2.45) is 7.05 Å². The molecule has 1 unspecified atom stereocenters. The number of quaternary nitrogens is 1. The molecule has 8 heteroatoms. The number of aromatic nitrogens is 2. The first-order chi connectivity index (χ1) is 14.3. The number of rotatable bonds is 7. The van der Waals surface area contributed by atoms with Gasteiger partial charge in [0, 0.05) is 17.1 Å². The number of ketones is 1. The number of halogens is 1. The first-order valence-corrected chi connectivity index (χ1v) is 10.3. The summed E-state index contributed by atoms with van der Waals surface area (Å²) < 4.78 is 3.20. The molecule has 0 aliphatic carbocycles. The second-order valence-corrected chi connectivity index (χ2v) is 8.25. The molecule has 156 valence electrons. The molecule has 0 aliphatic rings. The Labute approximate surface area is 182 Å². The van der Waals surface area contributed by atoms with Gasteiger partial charge in [0.2, 0.25) is 5.78 Å². The van der Waals surface area contributed by atoms with E-state index in [9.17, 15) is 14.4 Å². The molecule has 3 rings (SSSR count). The highest BCUT2D eigenvalue weighted by Crippen LogP contribution is 2.10. The highest BCUT2D eigenvalue weighted by Gasteiger charge is 2.24. The van der Waals surface area contributed by atoms with Gasteiger partial charge in [0.05, 0.1) is 13.6 Å². The van der Waals surface area contributed by atoms with Crippen molar-refractivity contribution >= 4 is 27.5 Å². The molecule has 30 heavy (non-hydrogen) atoms. The SMILES string of the molecule is Cn1c(=O)c(C(=O)C[NH+](C)Cc2ccc(Br)cc2)c(N)n(Cc2ccccc2)c1=O. The molecule has 7 nitrogen and oxygen atoms in total. The molecule has 3 N–H and O–H groups in total. The van der Waals surface area contributed by atoms with Gasteiger partial charge in [-0.25, -0.2) is 4.79 Å². The lowest BCUT2D eigenvalue weighted by molar-refractivity contribution is -0.884. The predicted octanol–water partition coefficient (Wildman–Crippen LogP) is 0.838. The first-order valence-electron chi connectivity index (χ1n) is 9.50. The molecule has 1 aromatic heterocycles. The summed E-state index contributed by atoms with van der Waals surface area (Å²) >= 11 is 3.40. The number of hydrogen-bond acceptors (Lipinski definition) is 4. The van der Waals surface area contributed by atoms with Crippen LogP contribution in [-0.2, 0) is 20.1 Å². The molecule has 0 spiro atoms. The Hall–Kier alpha value is -2.97. The van der Waals surface area contributed by atoms with E-state index in [0.717, 1.165) is 25.1 Å². The van der Waals surface area contributed by atoms with Crippen molar-refractivity contribution in [2.75, 3.05) is 19.3 Å². The molecular formula is C22H24BrN4O3+. The lowest BCUT2D eigenvalue weighted by Crippen LogP contribution is -3.08. The molecule has 0 radical (unpaired) electrons. The van der Waals surface area contributed by atoms with E-state index >= 15 is 0 Å². The second-order valence-electron chi connectivity index (χ2n) is 7.34. The summed E-state index contributed by atoms with van der Waals surface area (Å²) in [5.74, 6) is -0.474. The maximum Gasteiger partial charge on any atom is 0.332 e. The topological polar surface area (TPSA) is 91.5 Å². The minimum atomic E-state index is -0.664. The summed E-state index contributed by atoms with van der Waals surface area (Å²) in [6, 6.07) is 17.1. The largest absolute Gasteiger partial charge is 0.384 e. The van der Waals surface area contributed by atoms with Gasteiger partial charge in [-0.3, -0.25) is 18.7 Å². The van der Waals surface area contributed by atoms with Crippen molar-refractivity contribution < 1.29 is 9.69 Å². The zero-order valence-corrected chi connectivity index (χ0v) is 18.5. The summed E-state index contributed by atoms with van der Waals surface area (Å²) in [4.78, 5) is 39.2. The van der Waals surface area contributed by atoms with Crippen LogP contribution in [0.4, 0.5) is 5.82 Å². The molecule has 0 saturated heterocycles. The number of nitrogens with one attached hydrogen (secondary N) is 1. The van der Waals surface area contributed by atoms with Crippen LogP contribution in [0.25, 0.3) is 0 Å². The number of benzene rings is 2. The van der Waals surface area contributed by atoms with Gasteiger partial charge < -0.3 is 10.6 Å². The first kappa shape index (κ1) is 21.7. The number of hydrogen-bond donors (Lipinski definition) is 2. The van der Waals surface area contributed by atoms with Gasteiger partial charge in [-0.1, -0.05) is 58.4 Å². The van der Waals surface area contributed by atoms with E-state index in [4.69, 9.17) is 5.73 Å². The molecule has 1 heterocycles. The zero-order valence-electron chi connectivity index (χ0n) is 16.9. The van der Waals surface area contributed by atoms with Gasteiger partial charge >= 0.3 is 5.69 Å². The van der Waals surface area contributed by atoms with Crippen LogP contribution < -0.4 is 21.9 Å². The molecule has 0 bridgehead atoms. The van der Waals surface area contributed by atoms with Crippen molar-refractivity contribution in [1.82, 2.24) is 9.13 Å².